The molecule has 3 aromatic carbocycles. The van der Waals surface area contributed by atoms with E-state index in [-0.39, 0.29) is 12.5 Å². The second-order valence-corrected chi connectivity index (χ2v) is 8.88. The third kappa shape index (κ3) is 6.91. The molecule has 0 aliphatic rings. The van der Waals surface area contributed by atoms with E-state index in [9.17, 15) is 4.79 Å². The largest absolute Gasteiger partial charge is 0.494 e. The van der Waals surface area contributed by atoms with Gasteiger partial charge in [-0.3, -0.25) is 4.79 Å². The van der Waals surface area contributed by atoms with Gasteiger partial charge in [-0.05, 0) is 73.0 Å². The second-order valence-electron chi connectivity index (χ2n) is 7.79. The molecule has 1 aromatic heterocycles. The number of H-pyrrole nitrogens is 1. The molecule has 4 rings (SSSR count). The van der Waals surface area contributed by atoms with Gasteiger partial charge >= 0.3 is 0 Å². The summed E-state index contributed by atoms with van der Waals surface area (Å²) >= 11 is 1.52. The first-order chi connectivity index (χ1) is 17.2. The van der Waals surface area contributed by atoms with E-state index in [2.05, 4.69) is 25.9 Å². The summed E-state index contributed by atoms with van der Waals surface area (Å²) in [6.45, 7) is 0.855. The van der Waals surface area contributed by atoms with Crippen LogP contribution in [0.25, 0.3) is 11.4 Å². The Hall–Kier alpha value is -3.69. The van der Waals surface area contributed by atoms with E-state index in [4.69, 9.17) is 9.84 Å². The fourth-order valence-electron chi connectivity index (χ4n) is 3.45. The van der Waals surface area contributed by atoms with Gasteiger partial charge in [-0.1, -0.05) is 42.4 Å². The molecule has 0 aliphatic heterocycles. The number of carbonyl (C=O) groups excluding carboxylic acids is 1. The van der Waals surface area contributed by atoms with Gasteiger partial charge in [-0.25, -0.2) is 0 Å². The van der Waals surface area contributed by atoms with Crippen LogP contribution in [0, 0.1) is 0 Å². The van der Waals surface area contributed by atoms with Crippen LogP contribution in [-0.4, -0.2) is 44.9 Å². The summed E-state index contributed by atoms with van der Waals surface area (Å²) in [6, 6.07) is 22.6. The smallest absolute Gasteiger partial charge is 0.255 e. The number of aliphatic hydroxyl groups excluding tert-OH is 1. The molecule has 0 radical (unpaired) electrons. The van der Waals surface area contributed by atoms with Crippen molar-refractivity contribution in [1.82, 2.24) is 20.6 Å². The molecule has 4 aromatic rings. The molecular weight excluding hydrogens is 462 g/mol. The van der Waals surface area contributed by atoms with Crippen molar-refractivity contribution in [2.45, 2.75) is 35.5 Å². The Morgan fingerprint density at radius 1 is 0.914 bits per heavy atom. The number of amides is 1. The highest BCUT2D eigenvalue weighted by Crippen LogP contribution is 2.38. The number of carbonyl (C=O) groups is 1. The fraction of sp³-hybridized carbons (Fsp3) is 0.231. The highest BCUT2D eigenvalue weighted by molar-refractivity contribution is 7.99. The van der Waals surface area contributed by atoms with Crippen molar-refractivity contribution in [2.75, 3.05) is 18.5 Å². The molecule has 180 valence electrons. The lowest BCUT2D eigenvalue weighted by Gasteiger charge is -2.12. The maximum Gasteiger partial charge on any atom is 0.255 e. The minimum Gasteiger partial charge on any atom is -0.494 e. The summed E-state index contributed by atoms with van der Waals surface area (Å²) in [5.74, 6) is 1.06. The number of ether oxygens (including phenoxy) is 1. The number of para-hydroxylation sites is 1. The molecule has 0 saturated carbocycles. The molecule has 0 fully saturated rings. The molecule has 1 amide bonds. The number of tetrazole rings is 1. The number of aromatic nitrogens is 4. The summed E-state index contributed by atoms with van der Waals surface area (Å²) in [5.41, 5.74) is 2.12. The van der Waals surface area contributed by atoms with E-state index >= 15 is 0 Å². The molecule has 0 bridgehead atoms. The zero-order valence-corrected chi connectivity index (χ0v) is 20.0. The minimum atomic E-state index is -0.194. The number of hydrogen-bond donors (Lipinski definition) is 3. The van der Waals surface area contributed by atoms with Gasteiger partial charge in [0.25, 0.3) is 5.91 Å². The summed E-state index contributed by atoms with van der Waals surface area (Å²) in [7, 11) is 0. The number of hydrogen-bond acceptors (Lipinski definition) is 7. The van der Waals surface area contributed by atoms with Crippen molar-refractivity contribution in [1.29, 1.82) is 0 Å². The zero-order valence-electron chi connectivity index (χ0n) is 19.2. The second kappa shape index (κ2) is 12.7. The summed E-state index contributed by atoms with van der Waals surface area (Å²) < 4.78 is 5.75. The highest BCUT2D eigenvalue weighted by atomic mass is 32.2. The molecule has 0 unspecified atom stereocenters. The summed E-state index contributed by atoms with van der Waals surface area (Å²) in [6.07, 6.45) is 3.79. The van der Waals surface area contributed by atoms with Crippen molar-refractivity contribution in [3.05, 3.63) is 78.4 Å². The van der Waals surface area contributed by atoms with Crippen molar-refractivity contribution >= 4 is 23.4 Å². The van der Waals surface area contributed by atoms with Crippen LogP contribution in [0.2, 0.25) is 0 Å². The normalized spacial score (nSPS) is 10.8. The lowest BCUT2D eigenvalue weighted by molar-refractivity contribution is 0.102. The minimum absolute atomic E-state index is 0.194. The average Bonchev–Trinajstić information content (AvgIpc) is 3.43. The van der Waals surface area contributed by atoms with Gasteiger partial charge in [-0.15, -0.1) is 10.2 Å². The lowest BCUT2D eigenvalue weighted by Crippen LogP contribution is -2.12. The van der Waals surface area contributed by atoms with Crippen LogP contribution in [0.4, 0.5) is 5.69 Å². The Balaban J connectivity index is 1.39. The Morgan fingerprint density at radius 2 is 1.66 bits per heavy atom. The molecule has 0 aliphatic carbocycles. The number of rotatable bonds is 12. The number of nitrogens with one attached hydrogen (secondary N) is 2. The van der Waals surface area contributed by atoms with E-state index in [0.717, 1.165) is 46.8 Å². The van der Waals surface area contributed by atoms with E-state index in [1.54, 1.807) is 12.1 Å². The Bertz CT molecular complexity index is 1220. The molecule has 0 atom stereocenters. The quantitative estimate of drug-likeness (QED) is 0.234. The molecule has 0 spiro atoms. The average molecular weight is 490 g/mol. The Morgan fingerprint density at radius 3 is 2.43 bits per heavy atom. The Kier molecular flexibility index (Phi) is 8.85. The zero-order chi connectivity index (χ0) is 24.3. The fourth-order valence-corrected chi connectivity index (χ4v) is 4.48. The maximum atomic E-state index is 12.9. The Labute approximate surface area is 208 Å². The van der Waals surface area contributed by atoms with Crippen LogP contribution < -0.4 is 10.1 Å². The van der Waals surface area contributed by atoms with Gasteiger partial charge in [-0.2, -0.15) is 5.21 Å². The molecule has 35 heavy (non-hydrogen) atoms. The molecule has 1 heterocycles. The van der Waals surface area contributed by atoms with Gasteiger partial charge < -0.3 is 15.2 Å². The first kappa shape index (κ1) is 24.4. The van der Waals surface area contributed by atoms with Crippen molar-refractivity contribution in [2.24, 2.45) is 0 Å². The van der Waals surface area contributed by atoms with Crippen LogP contribution in [0.15, 0.2) is 82.6 Å². The van der Waals surface area contributed by atoms with Gasteiger partial charge in [0.1, 0.15) is 5.75 Å². The highest BCUT2D eigenvalue weighted by Gasteiger charge is 2.14. The third-order valence-corrected chi connectivity index (χ3v) is 6.42. The van der Waals surface area contributed by atoms with Crippen LogP contribution >= 0.6 is 11.8 Å². The SMILES string of the molecule is O=C(Nc1ccccc1Sc1ccccc1-c1nn[nH]n1)c1ccc(OCCCCCCO)cc1. The first-order valence-electron chi connectivity index (χ1n) is 11.5. The topological polar surface area (TPSA) is 113 Å². The van der Waals surface area contributed by atoms with E-state index in [1.807, 2.05) is 60.7 Å². The maximum absolute atomic E-state index is 12.9. The summed E-state index contributed by atoms with van der Waals surface area (Å²) in [4.78, 5) is 14.8. The van der Waals surface area contributed by atoms with E-state index < -0.39 is 0 Å². The number of anilines is 1. The number of aliphatic hydroxyl groups is 1. The standard InChI is InChI=1S/C26H27N5O3S/c32-17-7-1-2-8-18-34-20-15-13-19(14-16-20)26(33)27-22-10-4-6-12-24(22)35-23-11-5-3-9-21(23)25-28-30-31-29-25/h3-6,9-16,32H,1-2,7-8,17-18H2,(H,27,33)(H,28,29,30,31). The van der Waals surface area contributed by atoms with Crippen LogP contribution in [0.5, 0.6) is 5.75 Å². The third-order valence-electron chi connectivity index (χ3n) is 5.27. The van der Waals surface area contributed by atoms with Crippen molar-refractivity contribution in [3.63, 3.8) is 0 Å². The van der Waals surface area contributed by atoms with Gasteiger partial charge in [0.05, 0.1) is 12.3 Å². The van der Waals surface area contributed by atoms with E-state index in [1.165, 1.54) is 11.8 Å². The predicted octanol–water partition coefficient (Wildman–Crippen LogP) is 5.20. The number of unbranched alkanes of at least 4 members (excludes halogenated alkanes) is 3. The number of benzene rings is 3. The monoisotopic (exact) mass is 489 g/mol. The van der Waals surface area contributed by atoms with Crippen LogP contribution in [0.3, 0.4) is 0 Å². The van der Waals surface area contributed by atoms with Gasteiger partial charge in [0, 0.05) is 27.5 Å². The lowest BCUT2D eigenvalue weighted by atomic mass is 10.2. The van der Waals surface area contributed by atoms with Crippen LogP contribution in [-0.2, 0) is 0 Å². The van der Waals surface area contributed by atoms with Gasteiger partial charge in [0.2, 0.25) is 5.82 Å². The molecule has 0 saturated heterocycles. The van der Waals surface area contributed by atoms with Crippen molar-refractivity contribution in [3.8, 4) is 17.1 Å². The first-order valence-corrected chi connectivity index (χ1v) is 12.3. The molecule has 9 heteroatoms. The molecule has 3 N–H and O–H groups in total. The number of nitrogens with zero attached hydrogens (tertiary/aromatic N) is 3. The number of aromatic amines is 1. The van der Waals surface area contributed by atoms with Gasteiger partial charge in [0.15, 0.2) is 0 Å². The molecule has 8 nitrogen and oxygen atoms in total. The van der Waals surface area contributed by atoms with Crippen molar-refractivity contribution < 1.29 is 14.6 Å². The predicted molar refractivity (Wildman–Crippen MR) is 136 cm³/mol. The van der Waals surface area contributed by atoms with E-state index in [0.29, 0.717) is 23.7 Å². The summed E-state index contributed by atoms with van der Waals surface area (Å²) in [5, 5.41) is 26.2. The van der Waals surface area contributed by atoms with Crippen LogP contribution in [0.1, 0.15) is 36.0 Å². The molecular formula is C26H27N5O3S.